The van der Waals surface area contributed by atoms with Gasteiger partial charge in [0.05, 0.1) is 0 Å². The van der Waals surface area contributed by atoms with Gasteiger partial charge in [-0.1, -0.05) is 0 Å². The van der Waals surface area contributed by atoms with Crippen molar-refractivity contribution in [1.29, 1.82) is 0 Å². The monoisotopic (exact) mass is 305 g/mol. The van der Waals surface area contributed by atoms with Crippen molar-refractivity contribution in [2.45, 2.75) is 6.42 Å². The van der Waals surface area contributed by atoms with E-state index in [9.17, 15) is 4.39 Å². The zero-order chi connectivity index (χ0) is 10.7. The summed E-state index contributed by atoms with van der Waals surface area (Å²) >= 11 is 0.695. The number of benzene rings is 1. The summed E-state index contributed by atoms with van der Waals surface area (Å²) in [4.78, 5) is 4.39. The van der Waals surface area contributed by atoms with Crippen LogP contribution in [0.5, 0.6) is 5.75 Å². The SMILES string of the molecule is FCCc1ccc2cccc([O][In])c2n1. The second kappa shape index (κ2) is 4.84. The summed E-state index contributed by atoms with van der Waals surface area (Å²) in [5.41, 5.74) is 1.60. The normalized spacial score (nSPS) is 10.5. The zero-order valence-corrected chi connectivity index (χ0v) is 11.4. The molecule has 0 aliphatic heterocycles. The quantitative estimate of drug-likeness (QED) is 0.867. The first-order valence-corrected chi connectivity index (χ1v) is 6.01. The van der Waals surface area contributed by atoms with Crippen LogP contribution in [0.1, 0.15) is 5.69 Å². The van der Waals surface area contributed by atoms with Gasteiger partial charge in [-0.25, -0.2) is 0 Å². The second-order valence-electron chi connectivity index (χ2n) is 3.19. The number of hydrogen-bond acceptors (Lipinski definition) is 2. The number of pyridine rings is 1. The number of hydrogen-bond donors (Lipinski definition) is 0. The summed E-state index contributed by atoms with van der Waals surface area (Å²) in [5.74, 6) is 0.788. The average Bonchev–Trinajstić information content (AvgIpc) is 2.28. The molecular weight excluding hydrogens is 296 g/mol. The van der Waals surface area contributed by atoms with Crippen molar-refractivity contribution in [3.05, 3.63) is 36.0 Å². The Morgan fingerprint density at radius 3 is 2.87 bits per heavy atom. The molecule has 0 bridgehead atoms. The number of halogens is 1. The van der Waals surface area contributed by atoms with Gasteiger partial charge in [-0.15, -0.1) is 0 Å². The molecule has 15 heavy (non-hydrogen) atoms. The molecule has 0 saturated carbocycles. The maximum absolute atomic E-state index is 12.2. The van der Waals surface area contributed by atoms with Crippen LogP contribution < -0.4 is 2.85 Å². The number of aromatic nitrogens is 1. The first-order valence-electron chi connectivity index (χ1n) is 4.66. The summed E-state index contributed by atoms with van der Waals surface area (Å²) in [6.45, 7) is -0.373. The molecule has 2 rings (SSSR count). The van der Waals surface area contributed by atoms with Crippen molar-refractivity contribution in [3.8, 4) is 5.75 Å². The molecule has 0 amide bonds. The van der Waals surface area contributed by atoms with E-state index in [1.54, 1.807) is 0 Å². The van der Waals surface area contributed by atoms with Gasteiger partial charge in [-0.3, -0.25) is 0 Å². The Hall–Kier alpha value is -0.770. The molecule has 1 heterocycles. The van der Waals surface area contributed by atoms with Crippen molar-refractivity contribution in [3.63, 3.8) is 0 Å². The van der Waals surface area contributed by atoms with Crippen LogP contribution in [0.2, 0.25) is 0 Å². The standard InChI is InChI=1S/C11H10FNO.In/c12-7-6-9-5-4-8-2-1-3-10(14)11(8)13-9;/h1-5,14H,6-7H2;/q;+1/p-1. The Labute approximate surface area is 103 Å². The number of rotatable bonds is 3. The van der Waals surface area contributed by atoms with Crippen molar-refractivity contribution in [2.24, 2.45) is 0 Å². The van der Waals surface area contributed by atoms with E-state index >= 15 is 0 Å². The summed E-state index contributed by atoms with van der Waals surface area (Å²) in [6.07, 6.45) is 0.366. The van der Waals surface area contributed by atoms with Gasteiger partial charge in [0, 0.05) is 0 Å². The van der Waals surface area contributed by atoms with Crippen molar-refractivity contribution >= 4 is 35.7 Å². The molecule has 74 valence electrons. The summed E-state index contributed by atoms with van der Waals surface area (Å²) in [6, 6.07) is 9.61. The number of nitrogens with zero attached hydrogens (tertiary/aromatic N) is 1. The molecule has 1 aromatic carbocycles. The Balaban J connectivity index is 2.57. The first kappa shape index (κ1) is 10.7. The molecule has 2 nitrogen and oxygen atoms in total. The van der Waals surface area contributed by atoms with Gasteiger partial charge in [-0.2, -0.15) is 0 Å². The minimum absolute atomic E-state index is 0.366. The van der Waals surface area contributed by atoms with E-state index < -0.39 is 0 Å². The van der Waals surface area contributed by atoms with Gasteiger partial charge in [0.15, 0.2) is 0 Å². The van der Waals surface area contributed by atoms with Crippen LogP contribution >= 0.6 is 0 Å². The fourth-order valence-corrected chi connectivity index (χ4v) is 2.03. The third-order valence-corrected chi connectivity index (χ3v) is 2.94. The van der Waals surface area contributed by atoms with Crippen molar-refractivity contribution < 1.29 is 7.24 Å². The zero-order valence-electron chi connectivity index (χ0n) is 8.11. The molecule has 2 aromatic rings. The Bertz CT molecular complexity index is 475. The van der Waals surface area contributed by atoms with Gasteiger partial charge in [0.25, 0.3) is 0 Å². The van der Waals surface area contributed by atoms with Crippen LogP contribution in [0.15, 0.2) is 30.3 Å². The van der Waals surface area contributed by atoms with Gasteiger partial charge in [-0.05, 0) is 0 Å². The Kier molecular flexibility index (Phi) is 3.46. The average molecular weight is 305 g/mol. The Morgan fingerprint density at radius 1 is 1.27 bits per heavy atom. The summed E-state index contributed by atoms with van der Waals surface area (Å²) in [7, 11) is 0. The van der Waals surface area contributed by atoms with E-state index in [1.165, 1.54) is 0 Å². The molecule has 0 unspecified atom stereocenters. The van der Waals surface area contributed by atoms with E-state index in [1.807, 2.05) is 30.3 Å². The number of para-hydroxylation sites is 1. The van der Waals surface area contributed by atoms with E-state index in [4.69, 9.17) is 2.85 Å². The van der Waals surface area contributed by atoms with Crippen LogP contribution in [0.25, 0.3) is 10.9 Å². The molecule has 0 atom stereocenters. The van der Waals surface area contributed by atoms with Crippen molar-refractivity contribution in [1.82, 2.24) is 4.98 Å². The van der Waals surface area contributed by atoms with E-state index in [0.717, 1.165) is 22.3 Å². The van der Waals surface area contributed by atoms with Crippen molar-refractivity contribution in [2.75, 3.05) is 6.67 Å². The van der Waals surface area contributed by atoms with Crippen LogP contribution in [0.3, 0.4) is 0 Å². The predicted octanol–water partition coefficient (Wildman–Crippen LogP) is 2.21. The fourth-order valence-electron chi connectivity index (χ4n) is 1.49. The van der Waals surface area contributed by atoms with Crippen LogP contribution in [-0.4, -0.2) is 36.5 Å². The molecule has 0 fully saturated rings. The third-order valence-electron chi connectivity index (χ3n) is 2.22. The molecule has 0 saturated heterocycles. The summed E-state index contributed by atoms with van der Waals surface area (Å²) < 4.78 is 17.5. The molecule has 0 N–H and O–H groups in total. The second-order valence-corrected chi connectivity index (χ2v) is 3.86. The van der Waals surface area contributed by atoms with Crippen LogP contribution in [-0.2, 0) is 6.42 Å². The summed E-state index contributed by atoms with van der Waals surface area (Å²) in [5, 5.41) is 1.03. The molecule has 0 aliphatic carbocycles. The van der Waals surface area contributed by atoms with Gasteiger partial charge >= 0.3 is 103 Å². The molecule has 1 aromatic heterocycles. The Morgan fingerprint density at radius 2 is 2.13 bits per heavy atom. The number of aryl methyl sites for hydroxylation is 1. The first-order chi connectivity index (χ1) is 7.35. The number of fused-ring (bicyclic) bond motifs is 1. The van der Waals surface area contributed by atoms with Gasteiger partial charge in [0.1, 0.15) is 0 Å². The molecule has 0 aliphatic rings. The van der Waals surface area contributed by atoms with E-state index in [2.05, 4.69) is 4.98 Å². The number of alkyl halides is 1. The molecule has 0 spiro atoms. The van der Waals surface area contributed by atoms with Gasteiger partial charge in [0.2, 0.25) is 0 Å². The predicted molar refractivity (Wildman–Crippen MR) is 57.8 cm³/mol. The van der Waals surface area contributed by atoms with E-state index in [0.29, 0.717) is 31.2 Å². The van der Waals surface area contributed by atoms with E-state index in [-0.39, 0.29) is 6.67 Å². The topological polar surface area (TPSA) is 22.1 Å². The minimum atomic E-state index is -0.373. The molecular formula is C11H9FInNO. The van der Waals surface area contributed by atoms with Gasteiger partial charge < -0.3 is 0 Å². The van der Waals surface area contributed by atoms with Crippen LogP contribution in [0, 0.1) is 0 Å². The van der Waals surface area contributed by atoms with Crippen LogP contribution in [0.4, 0.5) is 4.39 Å². The third kappa shape index (κ3) is 2.25. The molecule has 2 radical (unpaired) electrons. The maximum atomic E-state index is 12.2. The molecule has 4 heteroatoms. The fraction of sp³-hybridized carbons (Fsp3) is 0.182.